The van der Waals surface area contributed by atoms with E-state index in [1.165, 1.54) is 0 Å². The van der Waals surface area contributed by atoms with E-state index in [2.05, 4.69) is 15.9 Å². The predicted molar refractivity (Wildman–Crippen MR) is 87.5 cm³/mol. The average molecular weight is 376 g/mol. The highest BCUT2D eigenvalue weighted by atomic mass is 79.9. The first-order chi connectivity index (χ1) is 11.0. The van der Waals surface area contributed by atoms with Gasteiger partial charge in [0.25, 0.3) is 11.8 Å². The lowest BCUT2D eigenvalue weighted by Crippen LogP contribution is -2.33. The minimum Gasteiger partial charge on any atom is -0.496 e. The van der Waals surface area contributed by atoms with Crippen molar-refractivity contribution in [1.82, 2.24) is 4.90 Å². The molecule has 0 saturated carbocycles. The normalized spacial score (nSPS) is 14.8. The molecule has 6 heteroatoms. The Hall–Kier alpha value is -2.18. The molecule has 0 spiro atoms. The lowest BCUT2D eigenvalue weighted by molar-refractivity contribution is 0.0543. The van der Waals surface area contributed by atoms with Gasteiger partial charge in [-0.3, -0.25) is 14.5 Å². The van der Waals surface area contributed by atoms with Crippen molar-refractivity contribution in [3.8, 4) is 5.75 Å². The molecule has 2 amide bonds. The molecule has 1 heterocycles. The summed E-state index contributed by atoms with van der Waals surface area (Å²) in [5.41, 5.74) is 1.34. The van der Waals surface area contributed by atoms with E-state index in [1.54, 1.807) is 49.6 Å². The number of rotatable bonds is 4. The molecule has 0 bridgehead atoms. The lowest BCUT2D eigenvalue weighted by Gasteiger charge is -2.19. The Morgan fingerprint density at radius 1 is 1.13 bits per heavy atom. The van der Waals surface area contributed by atoms with Crippen molar-refractivity contribution < 1.29 is 19.4 Å². The van der Waals surface area contributed by atoms with E-state index in [0.29, 0.717) is 26.9 Å². The van der Waals surface area contributed by atoms with E-state index in [-0.39, 0.29) is 18.4 Å². The highest BCUT2D eigenvalue weighted by molar-refractivity contribution is 9.10. The summed E-state index contributed by atoms with van der Waals surface area (Å²) in [5, 5.41) is 10.4. The predicted octanol–water partition coefficient (Wildman–Crippen LogP) is 2.79. The van der Waals surface area contributed by atoms with Gasteiger partial charge in [-0.15, -0.1) is 0 Å². The van der Waals surface area contributed by atoms with Crippen molar-refractivity contribution in [2.45, 2.75) is 6.10 Å². The molecule has 0 unspecified atom stereocenters. The van der Waals surface area contributed by atoms with Gasteiger partial charge in [0, 0.05) is 0 Å². The van der Waals surface area contributed by atoms with Crippen LogP contribution in [0.5, 0.6) is 5.75 Å². The first-order valence-electron chi connectivity index (χ1n) is 6.99. The Bertz CT molecular complexity index is 755. The standard InChI is InChI=1S/C17H14BrNO4/c1-23-15-7-6-10(8-13(15)18)14(20)9-19-16(21)11-4-2-3-5-12(11)17(19)22/h2-8,14,20H,9H2,1H3/t14-/m1/s1. The fraction of sp³-hybridized carbons (Fsp3) is 0.176. The second-order valence-electron chi connectivity index (χ2n) is 5.18. The quantitative estimate of drug-likeness (QED) is 0.834. The third-order valence-corrected chi connectivity index (χ3v) is 4.41. The van der Waals surface area contributed by atoms with Gasteiger partial charge < -0.3 is 9.84 Å². The molecule has 1 aliphatic rings. The van der Waals surface area contributed by atoms with Gasteiger partial charge in [0.1, 0.15) is 5.75 Å². The van der Waals surface area contributed by atoms with Gasteiger partial charge in [-0.2, -0.15) is 0 Å². The molecule has 3 rings (SSSR count). The topological polar surface area (TPSA) is 66.8 Å². The minimum absolute atomic E-state index is 0.0921. The molecule has 2 aromatic rings. The number of β-amino-alcohol motifs (C(OH)–C–C–N with tert-alkyl or cyclic N) is 1. The fourth-order valence-electron chi connectivity index (χ4n) is 2.57. The zero-order chi connectivity index (χ0) is 16.6. The number of carbonyl (C=O) groups excluding carboxylic acids is 2. The van der Waals surface area contributed by atoms with Crippen LogP contribution < -0.4 is 4.74 Å². The molecular formula is C17H14BrNO4. The summed E-state index contributed by atoms with van der Waals surface area (Å²) >= 11 is 3.35. The van der Waals surface area contributed by atoms with Gasteiger partial charge in [-0.1, -0.05) is 18.2 Å². The Morgan fingerprint density at radius 2 is 1.74 bits per heavy atom. The molecule has 0 radical (unpaired) electrons. The monoisotopic (exact) mass is 375 g/mol. The second-order valence-corrected chi connectivity index (χ2v) is 6.03. The summed E-state index contributed by atoms with van der Waals surface area (Å²) in [6.45, 7) is -0.0921. The summed E-state index contributed by atoms with van der Waals surface area (Å²) in [6.07, 6.45) is -0.973. The number of ether oxygens (including phenoxy) is 1. The number of hydrogen-bond acceptors (Lipinski definition) is 4. The highest BCUT2D eigenvalue weighted by Gasteiger charge is 2.36. The van der Waals surface area contributed by atoms with Crippen LogP contribution in [0.1, 0.15) is 32.4 Å². The highest BCUT2D eigenvalue weighted by Crippen LogP contribution is 2.30. The van der Waals surface area contributed by atoms with Crippen LogP contribution in [0.3, 0.4) is 0 Å². The first kappa shape index (κ1) is 15.7. The van der Waals surface area contributed by atoms with Crippen molar-refractivity contribution in [1.29, 1.82) is 0 Å². The summed E-state index contributed by atoms with van der Waals surface area (Å²) in [5.74, 6) is -0.115. The van der Waals surface area contributed by atoms with Crippen LogP contribution in [-0.4, -0.2) is 35.5 Å². The van der Waals surface area contributed by atoms with E-state index in [4.69, 9.17) is 4.74 Å². The van der Waals surface area contributed by atoms with Crippen molar-refractivity contribution in [3.05, 3.63) is 63.6 Å². The Labute approximate surface area is 141 Å². The molecule has 5 nitrogen and oxygen atoms in total. The number of aliphatic hydroxyl groups excluding tert-OH is 1. The van der Waals surface area contributed by atoms with E-state index < -0.39 is 6.10 Å². The second kappa shape index (κ2) is 6.14. The largest absolute Gasteiger partial charge is 0.496 e. The van der Waals surface area contributed by atoms with Crippen molar-refractivity contribution in [3.63, 3.8) is 0 Å². The first-order valence-corrected chi connectivity index (χ1v) is 7.79. The Balaban J connectivity index is 1.81. The van der Waals surface area contributed by atoms with Crippen LogP contribution in [0, 0.1) is 0 Å². The Kier molecular flexibility index (Phi) is 4.19. The SMILES string of the molecule is COc1ccc([C@H](O)CN2C(=O)c3ccccc3C2=O)cc1Br. The molecular weight excluding hydrogens is 362 g/mol. The van der Waals surface area contributed by atoms with Crippen molar-refractivity contribution in [2.75, 3.05) is 13.7 Å². The molecule has 0 fully saturated rings. The smallest absolute Gasteiger partial charge is 0.261 e. The fourth-order valence-corrected chi connectivity index (χ4v) is 3.13. The lowest BCUT2D eigenvalue weighted by atomic mass is 10.1. The van der Waals surface area contributed by atoms with E-state index >= 15 is 0 Å². The molecule has 1 aliphatic heterocycles. The van der Waals surface area contributed by atoms with Gasteiger partial charge in [0.2, 0.25) is 0 Å². The third-order valence-electron chi connectivity index (χ3n) is 3.79. The molecule has 0 aromatic heterocycles. The maximum atomic E-state index is 12.3. The van der Waals surface area contributed by atoms with Gasteiger partial charge in [-0.25, -0.2) is 0 Å². The number of hydrogen-bond donors (Lipinski definition) is 1. The maximum Gasteiger partial charge on any atom is 0.261 e. The van der Waals surface area contributed by atoms with Crippen LogP contribution in [0.25, 0.3) is 0 Å². The summed E-state index contributed by atoms with van der Waals surface area (Å²) in [6, 6.07) is 11.8. The van der Waals surface area contributed by atoms with E-state index in [1.807, 2.05) is 0 Å². The number of methoxy groups -OCH3 is 1. The summed E-state index contributed by atoms with van der Waals surface area (Å²) in [7, 11) is 1.55. The van der Waals surface area contributed by atoms with Gasteiger partial charge >= 0.3 is 0 Å². The molecule has 118 valence electrons. The number of imide groups is 1. The zero-order valence-electron chi connectivity index (χ0n) is 12.3. The average Bonchev–Trinajstić information content (AvgIpc) is 2.80. The Morgan fingerprint density at radius 3 is 2.26 bits per heavy atom. The number of halogens is 1. The number of amides is 2. The number of fused-ring (bicyclic) bond motifs is 1. The summed E-state index contributed by atoms with van der Waals surface area (Å²) < 4.78 is 5.84. The van der Waals surface area contributed by atoms with Crippen molar-refractivity contribution in [2.24, 2.45) is 0 Å². The van der Waals surface area contributed by atoms with Crippen LogP contribution in [0.15, 0.2) is 46.9 Å². The molecule has 1 atom stereocenters. The van der Waals surface area contributed by atoms with Crippen LogP contribution in [-0.2, 0) is 0 Å². The molecule has 0 aliphatic carbocycles. The van der Waals surface area contributed by atoms with E-state index in [9.17, 15) is 14.7 Å². The number of nitrogens with zero attached hydrogens (tertiary/aromatic N) is 1. The number of aliphatic hydroxyl groups is 1. The number of carbonyl (C=O) groups is 2. The van der Waals surface area contributed by atoms with Gasteiger partial charge in [-0.05, 0) is 45.8 Å². The van der Waals surface area contributed by atoms with Crippen molar-refractivity contribution >= 4 is 27.7 Å². The third kappa shape index (κ3) is 2.75. The maximum absolute atomic E-state index is 12.3. The van der Waals surface area contributed by atoms with Crippen LogP contribution in [0.2, 0.25) is 0 Å². The number of benzene rings is 2. The van der Waals surface area contributed by atoms with Crippen LogP contribution >= 0.6 is 15.9 Å². The minimum atomic E-state index is -0.973. The summed E-state index contributed by atoms with van der Waals surface area (Å²) in [4.78, 5) is 25.7. The van der Waals surface area contributed by atoms with Gasteiger partial charge in [0.15, 0.2) is 0 Å². The molecule has 1 N–H and O–H groups in total. The molecule has 23 heavy (non-hydrogen) atoms. The molecule has 0 saturated heterocycles. The van der Waals surface area contributed by atoms with Crippen LogP contribution in [0.4, 0.5) is 0 Å². The van der Waals surface area contributed by atoms with Gasteiger partial charge in [0.05, 0.1) is 35.4 Å². The molecule has 2 aromatic carbocycles. The zero-order valence-corrected chi connectivity index (χ0v) is 13.9. The van der Waals surface area contributed by atoms with E-state index in [0.717, 1.165) is 4.90 Å².